The van der Waals surface area contributed by atoms with Gasteiger partial charge in [-0.25, -0.2) is 0 Å². The molecule has 0 fully saturated rings. The summed E-state index contributed by atoms with van der Waals surface area (Å²) < 4.78 is 10.7. The Morgan fingerprint density at radius 3 is 2.05 bits per heavy atom. The van der Waals surface area contributed by atoms with Gasteiger partial charge in [0.2, 0.25) is 0 Å². The summed E-state index contributed by atoms with van der Waals surface area (Å²) in [4.78, 5) is 0. The highest BCUT2D eigenvalue weighted by Crippen LogP contribution is 2.39. The fraction of sp³-hybridized carbons (Fsp3) is 0.125. The first-order chi connectivity index (χ1) is 9.19. The van der Waals surface area contributed by atoms with E-state index in [4.69, 9.17) is 9.47 Å². The number of rotatable bonds is 4. The van der Waals surface area contributed by atoms with E-state index < -0.39 is 0 Å². The second-order valence-corrected chi connectivity index (χ2v) is 4.03. The zero-order chi connectivity index (χ0) is 13.8. The van der Waals surface area contributed by atoms with Gasteiger partial charge in [0.05, 0.1) is 19.8 Å². The zero-order valence-electron chi connectivity index (χ0n) is 11.0. The summed E-state index contributed by atoms with van der Waals surface area (Å²) in [5, 5.41) is 9.93. The van der Waals surface area contributed by atoms with Crippen molar-refractivity contribution in [3.8, 4) is 17.2 Å². The molecule has 0 aliphatic rings. The molecular formula is C16H16O3. The van der Waals surface area contributed by atoms with E-state index in [-0.39, 0.29) is 5.75 Å². The number of para-hydroxylation sites is 1. The predicted molar refractivity (Wildman–Crippen MR) is 75.8 cm³/mol. The van der Waals surface area contributed by atoms with Gasteiger partial charge < -0.3 is 14.6 Å². The lowest BCUT2D eigenvalue weighted by Crippen LogP contribution is -1.97. The highest BCUT2D eigenvalue weighted by Gasteiger charge is 2.16. The first kappa shape index (κ1) is 13.0. The van der Waals surface area contributed by atoms with Crippen LogP contribution >= 0.6 is 0 Å². The van der Waals surface area contributed by atoms with Crippen LogP contribution < -0.4 is 9.47 Å². The van der Waals surface area contributed by atoms with Gasteiger partial charge in [0.25, 0.3) is 0 Å². The van der Waals surface area contributed by atoms with E-state index in [0.29, 0.717) is 22.6 Å². The normalized spacial score (nSPS) is 10.0. The van der Waals surface area contributed by atoms with E-state index >= 15 is 0 Å². The lowest BCUT2D eigenvalue weighted by Gasteiger charge is -2.15. The number of aromatic hydroxyl groups is 1. The minimum Gasteiger partial charge on any atom is -0.507 e. The molecular weight excluding hydrogens is 240 g/mol. The lowest BCUT2D eigenvalue weighted by molar-refractivity contribution is 0.392. The van der Waals surface area contributed by atoms with Crippen molar-refractivity contribution >= 4 is 5.57 Å². The standard InChI is InChI=1S/C16H16O3/c1-11(12-7-4-5-8-13(12)17)16-14(18-2)9-6-10-15(16)19-3/h4-10,17H,1H2,2-3H3. The van der Waals surface area contributed by atoms with Crippen molar-refractivity contribution in [1.29, 1.82) is 0 Å². The molecule has 0 atom stereocenters. The number of benzene rings is 2. The van der Waals surface area contributed by atoms with E-state index in [2.05, 4.69) is 6.58 Å². The van der Waals surface area contributed by atoms with Crippen LogP contribution in [0.3, 0.4) is 0 Å². The molecule has 0 aliphatic carbocycles. The maximum Gasteiger partial charge on any atom is 0.130 e. The molecule has 0 saturated carbocycles. The van der Waals surface area contributed by atoms with Crippen molar-refractivity contribution in [2.75, 3.05) is 14.2 Å². The van der Waals surface area contributed by atoms with Gasteiger partial charge in [0.1, 0.15) is 17.2 Å². The highest BCUT2D eigenvalue weighted by atomic mass is 16.5. The average Bonchev–Trinajstić information content (AvgIpc) is 2.46. The topological polar surface area (TPSA) is 38.7 Å². The summed E-state index contributed by atoms with van der Waals surface area (Å²) in [5.41, 5.74) is 2.06. The molecule has 98 valence electrons. The molecule has 0 aliphatic heterocycles. The van der Waals surface area contributed by atoms with Crippen molar-refractivity contribution in [3.05, 3.63) is 60.2 Å². The van der Waals surface area contributed by atoms with Crippen LogP contribution in [-0.4, -0.2) is 19.3 Å². The van der Waals surface area contributed by atoms with Crippen LogP contribution in [0, 0.1) is 0 Å². The second-order valence-electron chi connectivity index (χ2n) is 4.03. The Labute approximate surface area is 112 Å². The minimum atomic E-state index is 0.181. The van der Waals surface area contributed by atoms with Gasteiger partial charge in [-0.05, 0) is 23.8 Å². The van der Waals surface area contributed by atoms with Gasteiger partial charge in [-0.3, -0.25) is 0 Å². The molecule has 3 heteroatoms. The average molecular weight is 256 g/mol. The predicted octanol–water partition coefficient (Wildman–Crippen LogP) is 3.47. The first-order valence-electron chi connectivity index (χ1n) is 5.87. The SMILES string of the molecule is C=C(c1ccccc1O)c1c(OC)cccc1OC. The minimum absolute atomic E-state index is 0.181. The number of hydrogen-bond acceptors (Lipinski definition) is 3. The Hall–Kier alpha value is -2.42. The van der Waals surface area contributed by atoms with Crippen molar-refractivity contribution in [1.82, 2.24) is 0 Å². The Balaban J connectivity index is 2.58. The molecule has 2 aromatic carbocycles. The van der Waals surface area contributed by atoms with E-state index in [1.54, 1.807) is 26.4 Å². The fourth-order valence-electron chi connectivity index (χ4n) is 2.01. The van der Waals surface area contributed by atoms with Crippen molar-refractivity contribution in [3.63, 3.8) is 0 Å². The summed E-state index contributed by atoms with van der Waals surface area (Å²) in [5.74, 6) is 1.50. The first-order valence-corrected chi connectivity index (χ1v) is 5.87. The van der Waals surface area contributed by atoms with Gasteiger partial charge in [-0.1, -0.05) is 30.8 Å². The van der Waals surface area contributed by atoms with E-state index in [1.807, 2.05) is 30.3 Å². The molecule has 0 amide bonds. The summed E-state index contributed by atoms with van der Waals surface area (Å²) >= 11 is 0. The maximum absolute atomic E-state index is 9.93. The summed E-state index contributed by atoms with van der Waals surface area (Å²) in [6.45, 7) is 4.05. The van der Waals surface area contributed by atoms with E-state index in [0.717, 1.165) is 5.56 Å². The molecule has 0 heterocycles. The molecule has 0 radical (unpaired) electrons. The molecule has 2 rings (SSSR count). The van der Waals surface area contributed by atoms with Crippen LogP contribution in [0.5, 0.6) is 17.2 Å². The molecule has 3 nitrogen and oxygen atoms in total. The molecule has 0 spiro atoms. The quantitative estimate of drug-likeness (QED) is 0.910. The van der Waals surface area contributed by atoms with Crippen LogP contribution in [0.4, 0.5) is 0 Å². The van der Waals surface area contributed by atoms with Crippen LogP contribution in [-0.2, 0) is 0 Å². The molecule has 0 aromatic heterocycles. The van der Waals surface area contributed by atoms with Crippen molar-refractivity contribution < 1.29 is 14.6 Å². The molecule has 1 N–H and O–H groups in total. The third kappa shape index (κ3) is 2.40. The van der Waals surface area contributed by atoms with Crippen LogP contribution in [0.25, 0.3) is 5.57 Å². The van der Waals surface area contributed by atoms with Gasteiger partial charge in [0, 0.05) is 5.56 Å². The fourth-order valence-corrected chi connectivity index (χ4v) is 2.01. The largest absolute Gasteiger partial charge is 0.507 e. The summed E-state index contributed by atoms with van der Waals surface area (Å²) in [7, 11) is 3.19. The van der Waals surface area contributed by atoms with E-state index in [1.165, 1.54) is 0 Å². The van der Waals surface area contributed by atoms with Gasteiger partial charge in [-0.2, -0.15) is 0 Å². The van der Waals surface area contributed by atoms with E-state index in [9.17, 15) is 5.11 Å². The third-order valence-electron chi connectivity index (χ3n) is 2.96. The van der Waals surface area contributed by atoms with Crippen molar-refractivity contribution in [2.45, 2.75) is 0 Å². The highest BCUT2D eigenvalue weighted by molar-refractivity contribution is 5.86. The number of phenols is 1. The molecule has 0 saturated heterocycles. The van der Waals surface area contributed by atoms with Gasteiger partial charge in [0.15, 0.2) is 0 Å². The number of phenolic OH excluding ortho intramolecular Hbond substituents is 1. The van der Waals surface area contributed by atoms with Crippen LogP contribution in [0.1, 0.15) is 11.1 Å². The zero-order valence-corrected chi connectivity index (χ0v) is 11.0. The van der Waals surface area contributed by atoms with Crippen molar-refractivity contribution in [2.24, 2.45) is 0 Å². The number of hydrogen-bond donors (Lipinski definition) is 1. The Morgan fingerprint density at radius 2 is 1.53 bits per heavy atom. The number of ether oxygens (including phenoxy) is 2. The summed E-state index contributed by atoms with van der Waals surface area (Å²) in [6, 6.07) is 12.6. The molecule has 0 bridgehead atoms. The van der Waals surface area contributed by atoms with Crippen LogP contribution in [0.2, 0.25) is 0 Å². The van der Waals surface area contributed by atoms with Gasteiger partial charge in [-0.15, -0.1) is 0 Å². The second kappa shape index (κ2) is 5.48. The maximum atomic E-state index is 9.93. The number of methoxy groups -OCH3 is 2. The summed E-state index contributed by atoms with van der Waals surface area (Å²) in [6.07, 6.45) is 0. The Kier molecular flexibility index (Phi) is 3.76. The lowest BCUT2D eigenvalue weighted by atomic mass is 9.97. The molecule has 0 unspecified atom stereocenters. The van der Waals surface area contributed by atoms with Gasteiger partial charge >= 0.3 is 0 Å². The van der Waals surface area contributed by atoms with Crippen LogP contribution in [0.15, 0.2) is 49.0 Å². The molecule has 2 aromatic rings. The Morgan fingerprint density at radius 1 is 0.947 bits per heavy atom. The Bertz CT molecular complexity index is 580. The molecule has 19 heavy (non-hydrogen) atoms. The smallest absolute Gasteiger partial charge is 0.130 e. The third-order valence-corrected chi connectivity index (χ3v) is 2.96. The monoisotopic (exact) mass is 256 g/mol.